The first-order valence-electron chi connectivity index (χ1n) is 6.76. The molecule has 0 aliphatic carbocycles. The molecule has 0 bridgehead atoms. The van der Waals surface area contributed by atoms with Gasteiger partial charge in [-0.25, -0.2) is 14.4 Å². The normalized spacial score (nSPS) is 18.1. The fourth-order valence-electron chi connectivity index (χ4n) is 2.52. The number of piperidine rings is 1. The Hall–Kier alpha value is -1.76. The van der Waals surface area contributed by atoms with E-state index in [4.69, 9.17) is 5.73 Å². The lowest BCUT2D eigenvalue weighted by Gasteiger charge is -2.34. The molecule has 110 valence electrons. The molecular weight excluding hydrogens is 263 g/mol. The number of amides is 1. The van der Waals surface area contributed by atoms with Crippen molar-refractivity contribution in [1.82, 2.24) is 9.97 Å². The van der Waals surface area contributed by atoms with Crippen molar-refractivity contribution < 1.29 is 14.3 Å². The molecule has 0 saturated carbocycles. The number of carbonyl (C=O) groups is 1. The molecule has 1 fully saturated rings. The second-order valence-electron chi connectivity index (χ2n) is 4.98. The lowest BCUT2D eigenvalue weighted by molar-refractivity contribution is -0.129. The molecule has 0 unspecified atom stereocenters. The van der Waals surface area contributed by atoms with E-state index in [9.17, 15) is 14.3 Å². The minimum absolute atomic E-state index is 0.167. The summed E-state index contributed by atoms with van der Waals surface area (Å²) in [7, 11) is 0. The van der Waals surface area contributed by atoms with Gasteiger partial charge in [-0.1, -0.05) is 6.92 Å². The molecule has 0 spiro atoms. The monoisotopic (exact) mass is 282 g/mol. The first-order valence-corrected chi connectivity index (χ1v) is 6.76. The molecular formula is C13H19FN4O2. The van der Waals surface area contributed by atoms with E-state index < -0.39 is 12.0 Å². The Kier molecular flexibility index (Phi) is 4.49. The van der Waals surface area contributed by atoms with Crippen molar-refractivity contribution in [1.29, 1.82) is 0 Å². The van der Waals surface area contributed by atoms with Gasteiger partial charge < -0.3 is 15.7 Å². The van der Waals surface area contributed by atoms with E-state index >= 15 is 0 Å². The molecule has 0 radical (unpaired) electrons. The highest BCUT2D eigenvalue weighted by Crippen LogP contribution is 2.26. The van der Waals surface area contributed by atoms with Crippen molar-refractivity contribution in [2.24, 2.45) is 11.7 Å². The van der Waals surface area contributed by atoms with Crippen molar-refractivity contribution in [3.05, 3.63) is 17.8 Å². The highest BCUT2D eigenvalue weighted by atomic mass is 19.1. The Labute approximate surface area is 116 Å². The molecule has 1 aromatic rings. The molecule has 6 nitrogen and oxygen atoms in total. The lowest BCUT2D eigenvalue weighted by Crippen LogP contribution is -2.43. The Morgan fingerprint density at radius 1 is 1.55 bits per heavy atom. The third kappa shape index (κ3) is 2.87. The molecule has 1 amide bonds. The van der Waals surface area contributed by atoms with Crippen molar-refractivity contribution in [3.63, 3.8) is 0 Å². The van der Waals surface area contributed by atoms with Gasteiger partial charge in [0, 0.05) is 13.1 Å². The third-order valence-electron chi connectivity index (χ3n) is 3.76. The van der Waals surface area contributed by atoms with Gasteiger partial charge >= 0.3 is 0 Å². The molecule has 1 atom stereocenters. The largest absolute Gasteiger partial charge is 0.383 e. The van der Waals surface area contributed by atoms with Crippen LogP contribution in [0.1, 0.15) is 25.5 Å². The van der Waals surface area contributed by atoms with Gasteiger partial charge in [-0.3, -0.25) is 4.79 Å². The van der Waals surface area contributed by atoms with E-state index in [1.165, 1.54) is 6.33 Å². The van der Waals surface area contributed by atoms with Gasteiger partial charge in [-0.2, -0.15) is 0 Å². The number of hydrogen-bond acceptors (Lipinski definition) is 5. The summed E-state index contributed by atoms with van der Waals surface area (Å²) >= 11 is 0. The van der Waals surface area contributed by atoms with Crippen molar-refractivity contribution in [2.45, 2.75) is 32.3 Å². The van der Waals surface area contributed by atoms with Crippen LogP contribution >= 0.6 is 0 Å². The predicted octanol–water partition coefficient (Wildman–Crippen LogP) is 0.241. The maximum Gasteiger partial charge on any atom is 0.246 e. The first kappa shape index (κ1) is 14.6. The van der Waals surface area contributed by atoms with Crippen LogP contribution in [0.5, 0.6) is 0 Å². The van der Waals surface area contributed by atoms with E-state index in [0.717, 1.165) is 0 Å². The summed E-state index contributed by atoms with van der Waals surface area (Å²) in [6, 6.07) is 0. The van der Waals surface area contributed by atoms with Crippen LogP contribution in [0.3, 0.4) is 0 Å². The second kappa shape index (κ2) is 6.13. The molecule has 7 heteroatoms. The average molecular weight is 282 g/mol. The number of anilines is 1. The van der Waals surface area contributed by atoms with Crippen LogP contribution in [0.4, 0.5) is 10.2 Å². The number of nitrogens with zero attached hydrogens (tertiary/aromatic N) is 3. The standard InChI is InChI=1S/C13H19FN4O2/c1-2-9-10(14)13(17-7-16-9)18-5-3-8(4-6-18)11(19)12(15)20/h7-8,11,19H,2-6H2,1H3,(H2,15,20)/t11-/m0/s1. The number of halogens is 1. The molecule has 2 heterocycles. The number of rotatable bonds is 4. The van der Waals surface area contributed by atoms with Crippen LogP contribution in [-0.4, -0.2) is 40.2 Å². The highest BCUT2D eigenvalue weighted by molar-refractivity contribution is 5.78. The summed E-state index contributed by atoms with van der Waals surface area (Å²) in [4.78, 5) is 20.7. The van der Waals surface area contributed by atoms with Crippen LogP contribution < -0.4 is 10.6 Å². The maximum atomic E-state index is 14.2. The Morgan fingerprint density at radius 3 is 2.75 bits per heavy atom. The van der Waals surface area contributed by atoms with Gasteiger partial charge in [-0.15, -0.1) is 0 Å². The average Bonchev–Trinajstić information content (AvgIpc) is 2.47. The second-order valence-corrected chi connectivity index (χ2v) is 4.98. The number of carbonyl (C=O) groups excluding carboxylic acids is 1. The number of aryl methyl sites for hydroxylation is 1. The first-order chi connectivity index (χ1) is 9.54. The number of hydrogen-bond donors (Lipinski definition) is 2. The molecule has 1 saturated heterocycles. The summed E-state index contributed by atoms with van der Waals surface area (Å²) in [6.07, 6.45) is 1.91. The fraction of sp³-hybridized carbons (Fsp3) is 0.615. The van der Waals surface area contributed by atoms with Gasteiger partial charge in [0.05, 0.1) is 5.69 Å². The predicted molar refractivity (Wildman–Crippen MR) is 71.5 cm³/mol. The quantitative estimate of drug-likeness (QED) is 0.825. The molecule has 2 rings (SSSR count). The lowest BCUT2D eigenvalue weighted by atomic mass is 9.91. The van der Waals surface area contributed by atoms with Crippen LogP contribution in [0, 0.1) is 11.7 Å². The van der Waals surface area contributed by atoms with Gasteiger partial charge in [0.15, 0.2) is 11.6 Å². The van der Waals surface area contributed by atoms with Gasteiger partial charge in [0.25, 0.3) is 0 Å². The maximum absolute atomic E-state index is 14.2. The van der Waals surface area contributed by atoms with Crippen molar-refractivity contribution in [2.75, 3.05) is 18.0 Å². The summed E-state index contributed by atoms with van der Waals surface area (Å²) < 4.78 is 14.2. The summed E-state index contributed by atoms with van der Waals surface area (Å²) in [5, 5.41) is 9.65. The topological polar surface area (TPSA) is 92.3 Å². The molecule has 1 aliphatic rings. The zero-order chi connectivity index (χ0) is 14.7. The minimum atomic E-state index is -1.13. The molecule has 1 aliphatic heterocycles. The minimum Gasteiger partial charge on any atom is -0.383 e. The zero-order valence-corrected chi connectivity index (χ0v) is 11.4. The van der Waals surface area contributed by atoms with Crippen LogP contribution in [0.2, 0.25) is 0 Å². The highest BCUT2D eigenvalue weighted by Gasteiger charge is 2.30. The Balaban J connectivity index is 2.06. The van der Waals surface area contributed by atoms with Crippen molar-refractivity contribution >= 4 is 11.7 Å². The zero-order valence-electron chi connectivity index (χ0n) is 11.4. The molecule has 0 aromatic carbocycles. The van der Waals surface area contributed by atoms with Crippen LogP contribution in [-0.2, 0) is 11.2 Å². The SMILES string of the molecule is CCc1ncnc(N2CCC([C@H](O)C(N)=O)CC2)c1F. The Bertz CT molecular complexity index is 489. The van der Waals surface area contributed by atoms with Crippen molar-refractivity contribution in [3.8, 4) is 0 Å². The number of aliphatic hydroxyl groups is 1. The fourth-order valence-corrected chi connectivity index (χ4v) is 2.52. The van der Waals surface area contributed by atoms with E-state index in [-0.39, 0.29) is 11.7 Å². The van der Waals surface area contributed by atoms with E-state index in [1.807, 2.05) is 11.8 Å². The number of nitrogens with two attached hydrogens (primary N) is 1. The van der Waals surface area contributed by atoms with Gasteiger partial charge in [-0.05, 0) is 25.2 Å². The summed E-state index contributed by atoms with van der Waals surface area (Å²) in [6.45, 7) is 2.91. The summed E-state index contributed by atoms with van der Waals surface area (Å²) in [5.74, 6) is -0.961. The third-order valence-corrected chi connectivity index (χ3v) is 3.76. The smallest absolute Gasteiger partial charge is 0.246 e. The van der Waals surface area contributed by atoms with E-state index in [1.54, 1.807) is 0 Å². The summed E-state index contributed by atoms with van der Waals surface area (Å²) in [5.41, 5.74) is 5.49. The molecule has 1 aromatic heterocycles. The molecule has 20 heavy (non-hydrogen) atoms. The number of aliphatic hydroxyl groups excluding tert-OH is 1. The van der Waals surface area contributed by atoms with Crippen LogP contribution in [0.25, 0.3) is 0 Å². The van der Waals surface area contributed by atoms with Gasteiger partial charge in [0.1, 0.15) is 12.4 Å². The van der Waals surface area contributed by atoms with Crippen LogP contribution in [0.15, 0.2) is 6.33 Å². The molecule has 3 N–H and O–H groups in total. The Morgan fingerprint density at radius 2 is 2.20 bits per heavy atom. The number of aromatic nitrogens is 2. The van der Waals surface area contributed by atoms with E-state index in [2.05, 4.69) is 9.97 Å². The number of primary amides is 1. The van der Waals surface area contributed by atoms with Gasteiger partial charge in [0.2, 0.25) is 5.91 Å². The van der Waals surface area contributed by atoms with E-state index in [0.29, 0.717) is 43.9 Å².